The van der Waals surface area contributed by atoms with Crippen molar-refractivity contribution in [3.05, 3.63) is 36.2 Å². The van der Waals surface area contributed by atoms with Crippen molar-refractivity contribution < 1.29 is 9.53 Å². The fourth-order valence-electron chi connectivity index (χ4n) is 1.33. The zero-order valence-corrected chi connectivity index (χ0v) is 10.7. The molecule has 0 aromatic heterocycles. The predicted octanol–water partition coefficient (Wildman–Crippen LogP) is 3.92. The summed E-state index contributed by atoms with van der Waals surface area (Å²) in [6.45, 7) is 4.16. The smallest absolute Gasteiger partial charge is 0.414 e. The van der Waals surface area contributed by atoms with Crippen molar-refractivity contribution in [3.8, 4) is 0 Å². The van der Waals surface area contributed by atoms with Crippen LogP contribution in [0.5, 0.6) is 0 Å². The summed E-state index contributed by atoms with van der Waals surface area (Å²) in [5.74, 6) is 0. The number of carbonyl (C=O) groups excluding carboxylic acids is 1. The van der Waals surface area contributed by atoms with Crippen LogP contribution in [0.4, 0.5) is 10.5 Å². The van der Waals surface area contributed by atoms with Crippen LogP contribution in [0.3, 0.4) is 0 Å². The number of ether oxygens (including phenoxy) is 1. The molecule has 0 N–H and O–H groups in total. The van der Waals surface area contributed by atoms with Crippen LogP contribution in [0.2, 0.25) is 5.02 Å². The van der Waals surface area contributed by atoms with Gasteiger partial charge in [-0.3, -0.25) is 4.90 Å². The monoisotopic (exact) mass is 254 g/mol. The van der Waals surface area contributed by atoms with Gasteiger partial charge in [0, 0.05) is 17.8 Å². The molecule has 0 saturated heterocycles. The minimum absolute atomic E-state index is 0.365. The lowest BCUT2D eigenvalue weighted by atomic mass is 10.3. The number of amides is 1. The molecule has 93 valence electrons. The first-order valence-corrected chi connectivity index (χ1v) is 5.98. The van der Waals surface area contributed by atoms with Gasteiger partial charge < -0.3 is 4.74 Å². The fourth-order valence-corrected chi connectivity index (χ4v) is 1.51. The van der Waals surface area contributed by atoms with Crippen LogP contribution in [0.15, 0.2) is 24.3 Å². The number of nitrogens with zero attached hydrogens (tertiary/aromatic N) is 1. The third-order valence-electron chi connectivity index (χ3n) is 2.34. The Morgan fingerprint density at radius 2 is 2.24 bits per heavy atom. The van der Waals surface area contributed by atoms with E-state index in [1.165, 1.54) is 4.90 Å². The van der Waals surface area contributed by atoms with E-state index in [4.69, 9.17) is 16.3 Å². The van der Waals surface area contributed by atoms with Gasteiger partial charge in [-0.25, -0.2) is 4.79 Å². The summed E-state index contributed by atoms with van der Waals surface area (Å²) in [6.07, 6.45) is 2.31. The molecule has 3 nitrogen and oxygen atoms in total. The third kappa shape index (κ3) is 4.65. The number of unbranched alkanes of at least 4 members (excludes halogenated alkanes) is 2. The molecule has 0 spiro atoms. The van der Waals surface area contributed by atoms with Crippen LogP contribution in [0.25, 0.3) is 0 Å². The Balaban J connectivity index is 2.46. The molecule has 0 aliphatic rings. The van der Waals surface area contributed by atoms with Crippen molar-refractivity contribution in [2.24, 2.45) is 0 Å². The molecule has 1 radical (unpaired) electrons. The summed E-state index contributed by atoms with van der Waals surface area (Å²) >= 11 is 5.85. The molecule has 0 bridgehead atoms. The van der Waals surface area contributed by atoms with Crippen LogP contribution < -0.4 is 4.90 Å². The molecule has 0 heterocycles. The molecular weight excluding hydrogens is 238 g/mol. The number of hydrogen-bond acceptors (Lipinski definition) is 2. The highest BCUT2D eigenvalue weighted by Gasteiger charge is 2.11. The summed E-state index contributed by atoms with van der Waals surface area (Å²) < 4.78 is 5.12. The van der Waals surface area contributed by atoms with Crippen LogP contribution >= 0.6 is 11.6 Å². The van der Waals surface area contributed by atoms with E-state index in [1.54, 1.807) is 25.2 Å². The Labute approximate surface area is 107 Å². The predicted molar refractivity (Wildman–Crippen MR) is 70.4 cm³/mol. The van der Waals surface area contributed by atoms with Crippen molar-refractivity contribution in [3.63, 3.8) is 0 Å². The fraction of sp³-hybridized carbons (Fsp3) is 0.385. The quantitative estimate of drug-likeness (QED) is 0.746. The van der Waals surface area contributed by atoms with Crippen molar-refractivity contribution in [2.75, 3.05) is 18.6 Å². The van der Waals surface area contributed by atoms with Crippen molar-refractivity contribution in [1.29, 1.82) is 0 Å². The second kappa shape index (κ2) is 7.17. The Hall–Kier alpha value is -1.22. The number of carbonyl (C=O) groups is 1. The molecule has 1 aromatic carbocycles. The molecule has 0 aliphatic carbocycles. The van der Waals surface area contributed by atoms with Gasteiger partial charge >= 0.3 is 6.09 Å². The molecule has 0 aliphatic heterocycles. The van der Waals surface area contributed by atoms with Gasteiger partial charge in [0.1, 0.15) is 0 Å². The first kappa shape index (κ1) is 13.8. The number of benzene rings is 1. The van der Waals surface area contributed by atoms with Crippen molar-refractivity contribution in [1.82, 2.24) is 0 Å². The Morgan fingerprint density at radius 3 is 2.88 bits per heavy atom. The number of anilines is 1. The van der Waals surface area contributed by atoms with Crippen LogP contribution in [0.1, 0.15) is 19.3 Å². The number of halogens is 1. The normalized spacial score (nSPS) is 10.1. The third-order valence-corrected chi connectivity index (χ3v) is 2.57. The van der Waals surface area contributed by atoms with E-state index in [1.807, 2.05) is 6.07 Å². The average molecular weight is 255 g/mol. The molecule has 0 atom stereocenters. The first-order chi connectivity index (χ1) is 8.15. The van der Waals surface area contributed by atoms with E-state index in [-0.39, 0.29) is 6.09 Å². The van der Waals surface area contributed by atoms with Gasteiger partial charge in [-0.2, -0.15) is 0 Å². The first-order valence-electron chi connectivity index (χ1n) is 5.60. The highest BCUT2D eigenvalue weighted by atomic mass is 35.5. The maximum absolute atomic E-state index is 11.7. The lowest BCUT2D eigenvalue weighted by Crippen LogP contribution is -2.27. The summed E-state index contributed by atoms with van der Waals surface area (Å²) in [6, 6.07) is 7.09. The molecule has 0 unspecified atom stereocenters. The van der Waals surface area contributed by atoms with E-state index in [2.05, 4.69) is 6.92 Å². The lowest BCUT2D eigenvalue weighted by Gasteiger charge is -2.17. The topological polar surface area (TPSA) is 29.5 Å². The molecule has 17 heavy (non-hydrogen) atoms. The van der Waals surface area contributed by atoms with Crippen molar-refractivity contribution in [2.45, 2.75) is 19.3 Å². The average Bonchev–Trinajstić information content (AvgIpc) is 2.33. The zero-order valence-electron chi connectivity index (χ0n) is 9.99. The van der Waals surface area contributed by atoms with Gasteiger partial charge in [0.2, 0.25) is 0 Å². The van der Waals surface area contributed by atoms with E-state index in [0.717, 1.165) is 24.9 Å². The maximum Gasteiger partial charge on any atom is 0.414 e. The van der Waals surface area contributed by atoms with Gasteiger partial charge in [0.15, 0.2) is 0 Å². The summed E-state index contributed by atoms with van der Waals surface area (Å²) in [5, 5.41) is 0.596. The second-order valence-electron chi connectivity index (χ2n) is 3.71. The summed E-state index contributed by atoms with van der Waals surface area (Å²) in [7, 11) is 1.66. The van der Waals surface area contributed by atoms with E-state index < -0.39 is 0 Å². The highest BCUT2D eigenvalue weighted by Crippen LogP contribution is 2.18. The standard InChI is InChI=1S/C13H17ClNO2/c1-3-4-5-9-17-13(16)15(2)12-8-6-7-11(14)10-12/h6-8,10H,1,3-5,9H2,2H3. The Bertz CT molecular complexity index is 368. The summed E-state index contributed by atoms with van der Waals surface area (Å²) in [5.41, 5.74) is 0.722. The highest BCUT2D eigenvalue weighted by molar-refractivity contribution is 6.30. The van der Waals surface area contributed by atoms with E-state index >= 15 is 0 Å². The lowest BCUT2D eigenvalue weighted by molar-refractivity contribution is 0.153. The maximum atomic E-state index is 11.7. The Morgan fingerprint density at radius 1 is 1.47 bits per heavy atom. The van der Waals surface area contributed by atoms with Gasteiger partial charge in [0.05, 0.1) is 6.61 Å². The molecule has 1 rings (SSSR count). The minimum atomic E-state index is -0.365. The van der Waals surface area contributed by atoms with Crippen LogP contribution in [0, 0.1) is 6.92 Å². The molecule has 1 aromatic rings. The second-order valence-corrected chi connectivity index (χ2v) is 4.15. The molecule has 4 heteroatoms. The molecule has 0 fully saturated rings. The number of rotatable bonds is 5. The number of hydrogen-bond donors (Lipinski definition) is 0. The summed E-state index contributed by atoms with van der Waals surface area (Å²) in [4.78, 5) is 13.1. The zero-order chi connectivity index (χ0) is 12.7. The van der Waals surface area contributed by atoms with Crippen molar-refractivity contribution >= 4 is 23.4 Å². The van der Waals surface area contributed by atoms with Gasteiger partial charge in [-0.05, 0) is 24.6 Å². The molecular formula is C13H17ClNO2. The van der Waals surface area contributed by atoms with Crippen LogP contribution in [-0.2, 0) is 4.74 Å². The Kier molecular flexibility index (Phi) is 5.84. The molecule has 1 amide bonds. The van der Waals surface area contributed by atoms with Gasteiger partial charge in [-0.1, -0.05) is 37.4 Å². The van der Waals surface area contributed by atoms with E-state index in [9.17, 15) is 4.79 Å². The molecule has 0 saturated carbocycles. The minimum Gasteiger partial charge on any atom is -0.449 e. The van der Waals surface area contributed by atoms with Crippen LogP contribution in [-0.4, -0.2) is 19.7 Å². The SMILES string of the molecule is [CH2]CCCCOC(=O)N(C)c1cccc(Cl)c1. The van der Waals surface area contributed by atoms with Gasteiger partial charge in [-0.15, -0.1) is 0 Å². The van der Waals surface area contributed by atoms with E-state index in [0.29, 0.717) is 11.6 Å². The van der Waals surface area contributed by atoms with Gasteiger partial charge in [0.25, 0.3) is 0 Å². The largest absolute Gasteiger partial charge is 0.449 e.